The molecule has 1 fully saturated rings. The van der Waals surface area contributed by atoms with E-state index in [0.29, 0.717) is 12.6 Å². The number of nitrogens with one attached hydrogen (secondary N) is 1. The first-order chi connectivity index (χ1) is 9.66. The molecule has 1 aromatic rings. The van der Waals surface area contributed by atoms with Crippen LogP contribution in [0.3, 0.4) is 0 Å². The van der Waals surface area contributed by atoms with E-state index >= 15 is 0 Å². The number of hydrogen-bond acceptors (Lipinski definition) is 3. The normalized spacial score (nSPS) is 21.4. The lowest BCUT2D eigenvalue weighted by molar-refractivity contribution is -0.122. The summed E-state index contributed by atoms with van der Waals surface area (Å²) in [4.78, 5) is 14.1. The third-order valence-electron chi connectivity index (χ3n) is 3.90. The molecule has 1 aliphatic rings. The third-order valence-corrected chi connectivity index (χ3v) is 3.90. The molecule has 0 bridgehead atoms. The Bertz CT molecular complexity index is 419. The van der Waals surface area contributed by atoms with Crippen molar-refractivity contribution in [1.82, 2.24) is 10.2 Å². The number of carbonyl (C=O) groups is 1. The van der Waals surface area contributed by atoms with Crippen molar-refractivity contribution in [3.8, 4) is 0 Å². The van der Waals surface area contributed by atoms with Gasteiger partial charge >= 0.3 is 0 Å². The Kier molecular flexibility index (Phi) is 5.56. The molecule has 0 saturated carbocycles. The van der Waals surface area contributed by atoms with E-state index < -0.39 is 6.04 Å². The van der Waals surface area contributed by atoms with Crippen LogP contribution in [-0.4, -0.2) is 36.0 Å². The lowest BCUT2D eigenvalue weighted by Crippen LogP contribution is -2.48. The lowest BCUT2D eigenvalue weighted by Gasteiger charge is -2.36. The number of nitrogens with zero attached hydrogens (tertiary/aromatic N) is 1. The van der Waals surface area contributed by atoms with E-state index in [1.54, 1.807) is 6.92 Å². The highest BCUT2D eigenvalue weighted by molar-refractivity contribution is 5.80. The van der Waals surface area contributed by atoms with E-state index in [4.69, 9.17) is 5.73 Å². The van der Waals surface area contributed by atoms with Crippen molar-refractivity contribution in [2.45, 2.75) is 44.8 Å². The SMILES string of the molecule is C[C@H](N)C(=O)NC[C@@H]1CCCCN1Cc1ccccc1. The Morgan fingerprint density at radius 1 is 1.40 bits per heavy atom. The van der Waals surface area contributed by atoms with E-state index in [2.05, 4.69) is 34.5 Å². The maximum absolute atomic E-state index is 11.6. The van der Waals surface area contributed by atoms with Gasteiger partial charge in [-0.1, -0.05) is 36.8 Å². The zero-order valence-electron chi connectivity index (χ0n) is 12.2. The second-order valence-corrected chi connectivity index (χ2v) is 5.64. The highest BCUT2D eigenvalue weighted by Gasteiger charge is 2.23. The third kappa shape index (κ3) is 4.32. The smallest absolute Gasteiger partial charge is 0.236 e. The second kappa shape index (κ2) is 7.41. The van der Waals surface area contributed by atoms with Gasteiger partial charge in [0.1, 0.15) is 0 Å². The molecule has 1 aromatic carbocycles. The van der Waals surface area contributed by atoms with Crippen LogP contribution in [0.15, 0.2) is 30.3 Å². The van der Waals surface area contributed by atoms with Crippen molar-refractivity contribution in [2.24, 2.45) is 5.73 Å². The number of nitrogens with two attached hydrogens (primary N) is 1. The number of amides is 1. The highest BCUT2D eigenvalue weighted by Crippen LogP contribution is 2.19. The molecule has 1 saturated heterocycles. The summed E-state index contributed by atoms with van der Waals surface area (Å²) in [5, 5.41) is 2.96. The van der Waals surface area contributed by atoms with Gasteiger partial charge in [0.2, 0.25) is 5.91 Å². The minimum atomic E-state index is -0.429. The predicted octanol–water partition coefficient (Wildman–Crippen LogP) is 1.50. The Hall–Kier alpha value is -1.39. The quantitative estimate of drug-likeness (QED) is 0.856. The number of carbonyl (C=O) groups excluding carboxylic acids is 1. The monoisotopic (exact) mass is 275 g/mol. The summed E-state index contributed by atoms with van der Waals surface area (Å²) in [5.74, 6) is -0.0600. The Morgan fingerprint density at radius 3 is 2.85 bits per heavy atom. The molecule has 4 heteroatoms. The lowest BCUT2D eigenvalue weighted by atomic mass is 10.0. The minimum absolute atomic E-state index is 0.0600. The van der Waals surface area contributed by atoms with Gasteiger partial charge in [0.05, 0.1) is 6.04 Å². The molecule has 0 spiro atoms. The van der Waals surface area contributed by atoms with Crippen LogP contribution in [0.2, 0.25) is 0 Å². The molecular formula is C16H25N3O. The van der Waals surface area contributed by atoms with Gasteiger partial charge < -0.3 is 11.1 Å². The standard InChI is InChI=1S/C16H25N3O/c1-13(17)16(20)18-11-15-9-5-6-10-19(15)12-14-7-3-2-4-8-14/h2-4,7-8,13,15H,5-6,9-12,17H2,1H3,(H,18,20)/t13-,15-/m0/s1. The number of rotatable bonds is 5. The van der Waals surface area contributed by atoms with Crippen molar-refractivity contribution < 1.29 is 4.79 Å². The number of likely N-dealkylation sites (tertiary alicyclic amines) is 1. The molecule has 2 atom stereocenters. The van der Waals surface area contributed by atoms with Crippen LogP contribution in [0.1, 0.15) is 31.7 Å². The van der Waals surface area contributed by atoms with Gasteiger partial charge in [0.15, 0.2) is 0 Å². The van der Waals surface area contributed by atoms with Crippen molar-refractivity contribution >= 4 is 5.91 Å². The van der Waals surface area contributed by atoms with Gasteiger partial charge in [-0.25, -0.2) is 0 Å². The van der Waals surface area contributed by atoms with E-state index in [1.807, 2.05) is 6.07 Å². The summed E-state index contributed by atoms with van der Waals surface area (Å²) in [5.41, 5.74) is 6.92. The van der Waals surface area contributed by atoms with Gasteiger partial charge in [0, 0.05) is 19.1 Å². The number of benzene rings is 1. The summed E-state index contributed by atoms with van der Waals surface area (Å²) in [6, 6.07) is 10.5. The minimum Gasteiger partial charge on any atom is -0.353 e. The van der Waals surface area contributed by atoms with E-state index in [-0.39, 0.29) is 5.91 Å². The first kappa shape index (κ1) is 15.0. The van der Waals surface area contributed by atoms with Crippen molar-refractivity contribution in [1.29, 1.82) is 0 Å². The van der Waals surface area contributed by atoms with E-state index in [9.17, 15) is 4.79 Å². The van der Waals surface area contributed by atoms with Crippen LogP contribution in [-0.2, 0) is 11.3 Å². The molecule has 110 valence electrons. The predicted molar refractivity (Wildman–Crippen MR) is 81.2 cm³/mol. The van der Waals surface area contributed by atoms with Crippen molar-refractivity contribution in [3.05, 3.63) is 35.9 Å². The van der Waals surface area contributed by atoms with Crippen LogP contribution < -0.4 is 11.1 Å². The van der Waals surface area contributed by atoms with Crippen molar-refractivity contribution in [2.75, 3.05) is 13.1 Å². The highest BCUT2D eigenvalue weighted by atomic mass is 16.2. The van der Waals surface area contributed by atoms with E-state index in [0.717, 1.165) is 19.5 Å². The largest absolute Gasteiger partial charge is 0.353 e. The average molecular weight is 275 g/mol. The van der Waals surface area contributed by atoms with Gasteiger partial charge in [0.25, 0.3) is 0 Å². The molecule has 4 nitrogen and oxygen atoms in total. The van der Waals surface area contributed by atoms with Crippen molar-refractivity contribution in [3.63, 3.8) is 0 Å². The molecule has 0 radical (unpaired) electrons. The van der Waals surface area contributed by atoms with Crippen LogP contribution >= 0.6 is 0 Å². The van der Waals surface area contributed by atoms with E-state index in [1.165, 1.54) is 18.4 Å². The first-order valence-electron chi connectivity index (χ1n) is 7.48. The first-order valence-corrected chi connectivity index (χ1v) is 7.48. The fourth-order valence-corrected chi connectivity index (χ4v) is 2.70. The molecular weight excluding hydrogens is 250 g/mol. The van der Waals surface area contributed by atoms with Gasteiger partial charge in [-0.05, 0) is 31.9 Å². The molecule has 3 N–H and O–H groups in total. The maximum Gasteiger partial charge on any atom is 0.236 e. The second-order valence-electron chi connectivity index (χ2n) is 5.64. The zero-order chi connectivity index (χ0) is 14.4. The van der Waals surface area contributed by atoms with Gasteiger partial charge in [-0.3, -0.25) is 9.69 Å². The zero-order valence-corrected chi connectivity index (χ0v) is 12.2. The Balaban J connectivity index is 1.90. The molecule has 0 aromatic heterocycles. The maximum atomic E-state index is 11.6. The van der Waals surface area contributed by atoms with Crippen LogP contribution in [0, 0.1) is 0 Å². The molecule has 0 aliphatic carbocycles. The molecule has 1 heterocycles. The molecule has 0 unspecified atom stereocenters. The Morgan fingerprint density at radius 2 is 2.15 bits per heavy atom. The summed E-state index contributed by atoms with van der Waals surface area (Å²) < 4.78 is 0. The summed E-state index contributed by atoms with van der Waals surface area (Å²) >= 11 is 0. The summed E-state index contributed by atoms with van der Waals surface area (Å²) in [7, 11) is 0. The topological polar surface area (TPSA) is 58.4 Å². The molecule has 1 amide bonds. The van der Waals surface area contributed by atoms with Crippen LogP contribution in [0.4, 0.5) is 0 Å². The molecule has 20 heavy (non-hydrogen) atoms. The molecule has 2 rings (SSSR count). The fraction of sp³-hybridized carbons (Fsp3) is 0.562. The number of hydrogen-bond donors (Lipinski definition) is 2. The van der Waals surface area contributed by atoms with Gasteiger partial charge in [-0.2, -0.15) is 0 Å². The Labute approximate surface area is 121 Å². The average Bonchev–Trinajstić information content (AvgIpc) is 2.47. The van der Waals surface area contributed by atoms with Gasteiger partial charge in [-0.15, -0.1) is 0 Å². The fourth-order valence-electron chi connectivity index (χ4n) is 2.70. The summed E-state index contributed by atoms with van der Waals surface area (Å²) in [6.07, 6.45) is 3.63. The number of piperidine rings is 1. The molecule has 1 aliphatic heterocycles. The summed E-state index contributed by atoms with van der Waals surface area (Å²) in [6.45, 7) is 4.48. The van der Waals surface area contributed by atoms with Crippen LogP contribution in [0.5, 0.6) is 0 Å². The van der Waals surface area contributed by atoms with Crippen LogP contribution in [0.25, 0.3) is 0 Å².